The molecule has 0 saturated carbocycles. The highest BCUT2D eigenvalue weighted by molar-refractivity contribution is 5.94. The van der Waals surface area contributed by atoms with Gasteiger partial charge in [0.25, 0.3) is 0 Å². The van der Waals surface area contributed by atoms with Crippen molar-refractivity contribution in [3.63, 3.8) is 0 Å². The van der Waals surface area contributed by atoms with Crippen molar-refractivity contribution in [2.24, 2.45) is 10.8 Å². The number of para-hydroxylation sites is 2. The molecule has 0 amide bonds. The third kappa shape index (κ3) is 3.45. The first kappa shape index (κ1) is 30.7. The van der Waals surface area contributed by atoms with Gasteiger partial charge in [-0.2, -0.15) is 0 Å². The van der Waals surface area contributed by atoms with Crippen molar-refractivity contribution in [2.45, 2.75) is 81.3 Å². The standard InChI is InChI=1S/C42H46N4O4/c1-5-39-16-15-32(46-20-18-42(38(39)46)29-12-8-10-14-31(29)44-34(42)26(22-39)35(47)49-3)25-21-40(6-2)23-27(36(48)50-4)33-41(17-19-45(24-25)37(40)41)28-11-7-9-13-30(28)43-33/h7-16,21,32,37-38,43-44H,5-6,17-20,22-24H2,1-4H3. The summed E-state index contributed by atoms with van der Waals surface area (Å²) < 4.78 is 10.9. The van der Waals surface area contributed by atoms with Crippen LogP contribution in [0.2, 0.25) is 0 Å². The Morgan fingerprint density at radius 2 is 1.34 bits per heavy atom. The summed E-state index contributed by atoms with van der Waals surface area (Å²) in [4.78, 5) is 32.7. The number of benzene rings is 2. The van der Waals surface area contributed by atoms with Crippen LogP contribution >= 0.6 is 0 Å². The van der Waals surface area contributed by atoms with Crippen LogP contribution in [-0.4, -0.2) is 73.7 Å². The lowest BCUT2D eigenvalue weighted by molar-refractivity contribution is -0.137. The molecule has 2 fully saturated rings. The molecule has 50 heavy (non-hydrogen) atoms. The summed E-state index contributed by atoms with van der Waals surface area (Å²) in [6, 6.07) is 17.9. The molecule has 2 aliphatic carbocycles. The number of nitrogens with zero attached hydrogens (tertiary/aromatic N) is 2. The van der Waals surface area contributed by atoms with E-state index in [-0.39, 0.29) is 51.7 Å². The van der Waals surface area contributed by atoms with Crippen molar-refractivity contribution in [1.29, 1.82) is 0 Å². The van der Waals surface area contributed by atoms with Crippen LogP contribution in [0, 0.1) is 10.8 Å². The van der Waals surface area contributed by atoms with Gasteiger partial charge in [-0.25, -0.2) is 9.59 Å². The molecule has 8 aliphatic rings. The SMILES string of the molecule is CCC12C=C(C3C=CC4(CC)CC(C(=O)OC)=C5Nc6ccccc6C56CCN3C46)CN3CCC4(C(=C(C(=O)OC)C1)Nc1ccccc14)C32. The van der Waals surface area contributed by atoms with Gasteiger partial charge in [-0.3, -0.25) is 9.80 Å². The highest BCUT2D eigenvalue weighted by Crippen LogP contribution is 2.67. The number of fused-ring (bicyclic) bond motifs is 2. The van der Waals surface area contributed by atoms with Crippen molar-refractivity contribution in [2.75, 3.05) is 44.5 Å². The molecule has 6 aliphatic heterocycles. The van der Waals surface area contributed by atoms with Gasteiger partial charge in [-0.15, -0.1) is 0 Å². The number of carbonyl (C=O) groups excluding carboxylic acids is 2. The second-order valence-electron chi connectivity index (χ2n) is 16.0. The van der Waals surface area contributed by atoms with E-state index in [0.717, 1.165) is 79.2 Å². The van der Waals surface area contributed by atoms with Gasteiger partial charge < -0.3 is 20.1 Å². The first-order valence-corrected chi connectivity index (χ1v) is 18.6. The molecular weight excluding hydrogens is 624 g/mol. The molecule has 7 unspecified atom stereocenters. The Hall–Kier alpha value is -4.14. The summed E-state index contributed by atoms with van der Waals surface area (Å²) in [6.07, 6.45) is 12.7. The molecular formula is C42H46N4O4. The van der Waals surface area contributed by atoms with Crippen LogP contribution in [0.3, 0.4) is 0 Å². The zero-order valence-electron chi connectivity index (χ0n) is 29.5. The van der Waals surface area contributed by atoms with E-state index in [1.165, 1.54) is 30.9 Å². The first-order chi connectivity index (χ1) is 24.3. The second-order valence-corrected chi connectivity index (χ2v) is 16.0. The molecule has 2 aromatic carbocycles. The van der Waals surface area contributed by atoms with Crippen LogP contribution in [-0.2, 0) is 29.9 Å². The molecule has 10 rings (SSSR count). The Bertz CT molecular complexity index is 2010. The monoisotopic (exact) mass is 670 g/mol. The van der Waals surface area contributed by atoms with E-state index in [4.69, 9.17) is 9.47 Å². The van der Waals surface area contributed by atoms with Crippen molar-refractivity contribution in [1.82, 2.24) is 9.80 Å². The zero-order chi connectivity index (χ0) is 34.2. The number of nitrogens with one attached hydrogen (secondary N) is 2. The molecule has 7 atom stereocenters. The molecule has 2 N–H and O–H groups in total. The van der Waals surface area contributed by atoms with Crippen LogP contribution in [0.5, 0.6) is 0 Å². The lowest BCUT2D eigenvalue weighted by Gasteiger charge is -2.58. The van der Waals surface area contributed by atoms with E-state index in [9.17, 15) is 9.59 Å². The van der Waals surface area contributed by atoms with Gasteiger partial charge in [0.2, 0.25) is 0 Å². The van der Waals surface area contributed by atoms with Crippen LogP contribution in [0.4, 0.5) is 11.4 Å². The Morgan fingerprint density at radius 3 is 1.94 bits per heavy atom. The predicted molar refractivity (Wildman–Crippen MR) is 192 cm³/mol. The summed E-state index contributed by atoms with van der Waals surface area (Å²) in [5.74, 6) is -0.435. The number of carbonyl (C=O) groups is 2. The maximum absolute atomic E-state index is 13.7. The normalized spacial score (nSPS) is 37.1. The molecule has 0 radical (unpaired) electrons. The molecule has 2 spiro atoms. The lowest BCUT2D eigenvalue weighted by atomic mass is 9.53. The lowest BCUT2D eigenvalue weighted by Crippen LogP contribution is -2.63. The number of rotatable bonds is 5. The number of hydrogen-bond donors (Lipinski definition) is 2. The Labute approximate surface area is 294 Å². The van der Waals surface area contributed by atoms with Gasteiger partial charge in [-0.05, 0) is 67.4 Å². The van der Waals surface area contributed by atoms with Crippen molar-refractivity contribution in [3.05, 3.63) is 106 Å². The average Bonchev–Trinajstić information content (AvgIpc) is 3.93. The Morgan fingerprint density at radius 1 is 0.780 bits per heavy atom. The summed E-state index contributed by atoms with van der Waals surface area (Å²) in [5.41, 5.74) is 9.03. The van der Waals surface area contributed by atoms with E-state index in [1.54, 1.807) is 0 Å². The molecule has 0 aromatic heterocycles. The first-order valence-electron chi connectivity index (χ1n) is 18.6. The fourth-order valence-corrected chi connectivity index (χ4v) is 12.7. The molecule has 2 aromatic rings. The number of methoxy groups -OCH3 is 2. The highest BCUT2D eigenvalue weighted by atomic mass is 16.5. The van der Waals surface area contributed by atoms with Crippen molar-refractivity contribution < 1.29 is 19.1 Å². The van der Waals surface area contributed by atoms with Crippen LogP contribution in [0.25, 0.3) is 0 Å². The van der Waals surface area contributed by atoms with Crippen LogP contribution < -0.4 is 10.6 Å². The van der Waals surface area contributed by atoms with Gasteiger partial charge in [0.15, 0.2) is 0 Å². The summed E-state index contributed by atoms with van der Waals surface area (Å²) in [7, 11) is 3.02. The zero-order valence-corrected chi connectivity index (χ0v) is 29.5. The number of hydrogen-bond acceptors (Lipinski definition) is 8. The average molecular weight is 671 g/mol. The van der Waals surface area contributed by atoms with Gasteiger partial charge in [0.1, 0.15) is 0 Å². The smallest absolute Gasteiger partial charge is 0.335 e. The Balaban J connectivity index is 1.13. The molecule has 8 heteroatoms. The minimum atomic E-state index is -0.310. The third-order valence-corrected chi connectivity index (χ3v) is 14.5. The van der Waals surface area contributed by atoms with Gasteiger partial charge in [0, 0.05) is 65.3 Å². The molecule has 6 heterocycles. The Kier molecular flexibility index (Phi) is 6.27. The minimum Gasteiger partial charge on any atom is -0.466 e. The second kappa shape index (κ2) is 10.2. The quantitative estimate of drug-likeness (QED) is 0.288. The largest absolute Gasteiger partial charge is 0.466 e. The highest BCUT2D eigenvalue weighted by Gasteiger charge is 2.69. The number of anilines is 2. The van der Waals surface area contributed by atoms with E-state index in [0.29, 0.717) is 12.8 Å². The topological polar surface area (TPSA) is 83.1 Å². The van der Waals surface area contributed by atoms with Crippen molar-refractivity contribution >= 4 is 23.3 Å². The molecule has 8 nitrogen and oxygen atoms in total. The van der Waals surface area contributed by atoms with E-state index in [1.807, 2.05) is 0 Å². The molecule has 258 valence electrons. The number of esters is 2. The molecule has 0 bridgehead atoms. The predicted octanol–water partition coefficient (Wildman–Crippen LogP) is 6.19. The maximum atomic E-state index is 13.7. The van der Waals surface area contributed by atoms with E-state index < -0.39 is 0 Å². The van der Waals surface area contributed by atoms with Crippen LogP contribution in [0.15, 0.2) is 94.9 Å². The summed E-state index contributed by atoms with van der Waals surface area (Å²) >= 11 is 0. The minimum absolute atomic E-state index is 0.134. The van der Waals surface area contributed by atoms with E-state index >= 15 is 0 Å². The summed E-state index contributed by atoms with van der Waals surface area (Å²) in [5, 5.41) is 7.51. The molecule has 2 saturated heterocycles. The fraction of sp³-hybridized carbons (Fsp3) is 0.476. The maximum Gasteiger partial charge on any atom is 0.335 e. The van der Waals surface area contributed by atoms with Gasteiger partial charge in [-0.1, -0.05) is 68.5 Å². The number of ether oxygens (including phenoxy) is 2. The van der Waals surface area contributed by atoms with Crippen LogP contribution in [0.1, 0.15) is 63.5 Å². The summed E-state index contributed by atoms with van der Waals surface area (Å²) in [6.45, 7) is 7.43. The third-order valence-electron chi connectivity index (χ3n) is 14.5. The van der Waals surface area contributed by atoms with Gasteiger partial charge in [0.05, 0.1) is 42.2 Å². The van der Waals surface area contributed by atoms with Crippen molar-refractivity contribution in [3.8, 4) is 0 Å². The van der Waals surface area contributed by atoms with Gasteiger partial charge >= 0.3 is 11.9 Å². The fourth-order valence-electron chi connectivity index (χ4n) is 12.7. The van der Waals surface area contributed by atoms with E-state index in [2.05, 4.69) is 101 Å².